The Hall–Kier alpha value is -2.20. The summed E-state index contributed by atoms with van der Waals surface area (Å²) in [5.74, 6) is 0.336. The molecule has 1 aromatic heterocycles. The summed E-state index contributed by atoms with van der Waals surface area (Å²) in [7, 11) is 0. The first-order chi connectivity index (χ1) is 12.1. The molecule has 2 nitrogen and oxygen atoms in total. The standard InChI is InChI=1S/C21H21FN2S/c1-14(2)15-7-9-16(10-8-15)23-21-24(17-11-12-17)20(13-25-21)18-5-3-4-6-19(18)22/h3-10,13-14,17H,11-12H2,1-2H3. The van der Waals surface area contributed by atoms with Crippen LogP contribution in [-0.4, -0.2) is 4.57 Å². The van der Waals surface area contributed by atoms with E-state index in [1.165, 1.54) is 11.6 Å². The Morgan fingerprint density at radius 1 is 1.08 bits per heavy atom. The predicted molar refractivity (Wildman–Crippen MR) is 102 cm³/mol. The van der Waals surface area contributed by atoms with Gasteiger partial charge in [-0.1, -0.05) is 38.1 Å². The third-order valence-corrected chi connectivity index (χ3v) is 5.43. The molecule has 4 heteroatoms. The number of rotatable bonds is 4. The largest absolute Gasteiger partial charge is 0.313 e. The maximum atomic E-state index is 14.3. The molecule has 0 bridgehead atoms. The van der Waals surface area contributed by atoms with E-state index in [4.69, 9.17) is 4.99 Å². The molecule has 0 atom stereocenters. The molecule has 0 amide bonds. The highest BCUT2D eigenvalue weighted by atomic mass is 32.1. The Balaban J connectivity index is 1.79. The van der Waals surface area contributed by atoms with Gasteiger partial charge in [-0.3, -0.25) is 0 Å². The van der Waals surface area contributed by atoms with Crippen molar-refractivity contribution in [3.63, 3.8) is 0 Å². The average molecular weight is 352 g/mol. The maximum absolute atomic E-state index is 14.3. The van der Waals surface area contributed by atoms with E-state index in [-0.39, 0.29) is 5.82 Å². The minimum atomic E-state index is -0.178. The van der Waals surface area contributed by atoms with Gasteiger partial charge in [0, 0.05) is 17.0 Å². The maximum Gasteiger partial charge on any atom is 0.190 e. The van der Waals surface area contributed by atoms with Crippen LogP contribution in [0.3, 0.4) is 0 Å². The molecule has 1 saturated carbocycles. The van der Waals surface area contributed by atoms with Gasteiger partial charge in [-0.05, 0) is 48.6 Å². The third kappa shape index (κ3) is 3.31. The fourth-order valence-electron chi connectivity index (χ4n) is 3.00. The Bertz CT molecular complexity index is 947. The lowest BCUT2D eigenvalue weighted by molar-refractivity contribution is 0.626. The Kier molecular flexibility index (Phi) is 4.30. The van der Waals surface area contributed by atoms with Crippen molar-refractivity contribution < 1.29 is 4.39 Å². The number of thiazole rings is 1. The van der Waals surface area contributed by atoms with Gasteiger partial charge in [-0.25, -0.2) is 9.38 Å². The number of aromatic nitrogens is 1. The van der Waals surface area contributed by atoms with Crippen LogP contribution in [0.1, 0.15) is 44.2 Å². The minimum Gasteiger partial charge on any atom is -0.313 e. The fourth-order valence-corrected chi connectivity index (χ4v) is 3.97. The summed E-state index contributed by atoms with van der Waals surface area (Å²) in [6.45, 7) is 4.38. The first-order valence-electron chi connectivity index (χ1n) is 8.73. The topological polar surface area (TPSA) is 17.3 Å². The molecule has 0 N–H and O–H groups in total. The summed E-state index contributed by atoms with van der Waals surface area (Å²) in [5, 5.41) is 2.03. The van der Waals surface area contributed by atoms with E-state index in [9.17, 15) is 4.39 Å². The molecule has 1 aliphatic rings. The van der Waals surface area contributed by atoms with E-state index in [1.807, 2.05) is 17.5 Å². The molecule has 1 aliphatic carbocycles. The van der Waals surface area contributed by atoms with Gasteiger partial charge in [-0.2, -0.15) is 0 Å². The number of hydrogen-bond acceptors (Lipinski definition) is 2. The zero-order chi connectivity index (χ0) is 17.4. The highest BCUT2D eigenvalue weighted by Crippen LogP contribution is 2.38. The Morgan fingerprint density at radius 2 is 1.80 bits per heavy atom. The number of benzene rings is 2. The van der Waals surface area contributed by atoms with E-state index >= 15 is 0 Å². The second-order valence-corrected chi connectivity index (χ2v) is 7.68. The van der Waals surface area contributed by atoms with Crippen LogP contribution in [0.4, 0.5) is 10.1 Å². The molecule has 0 radical (unpaired) electrons. The Labute approximate surface area is 151 Å². The first-order valence-corrected chi connectivity index (χ1v) is 9.61. The van der Waals surface area contributed by atoms with E-state index < -0.39 is 0 Å². The van der Waals surface area contributed by atoms with Crippen molar-refractivity contribution in [3.8, 4) is 11.3 Å². The lowest BCUT2D eigenvalue weighted by Crippen LogP contribution is -2.14. The van der Waals surface area contributed by atoms with Crippen molar-refractivity contribution in [2.24, 2.45) is 4.99 Å². The zero-order valence-corrected chi connectivity index (χ0v) is 15.3. The molecule has 1 heterocycles. The zero-order valence-electron chi connectivity index (χ0n) is 14.4. The summed E-state index contributed by atoms with van der Waals surface area (Å²) in [6, 6.07) is 15.8. The lowest BCUT2D eigenvalue weighted by Gasteiger charge is -2.08. The second kappa shape index (κ2) is 6.60. The number of nitrogens with zero attached hydrogens (tertiary/aromatic N) is 2. The van der Waals surface area contributed by atoms with Crippen LogP contribution in [0.15, 0.2) is 58.9 Å². The van der Waals surface area contributed by atoms with E-state index in [0.29, 0.717) is 17.5 Å². The quantitative estimate of drug-likeness (QED) is 0.544. The van der Waals surface area contributed by atoms with Crippen LogP contribution in [0.5, 0.6) is 0 Å². The molecule has 3 aromatic rings. The van der Waals surface area contributed by atoms with Gasteiger partial charge in [0.25, 0.3) is 0 Å². The first kappa shape index (κ1) is 16.3. The highest BCUT2D eigenvalue weighted by molar-refractivity contribution is 7.07. The second-order valence-electron chi connectivity index (χ2n) is 6.84. The van der Waals surface area contributed by atoms with Gasteiger partial charge in [0.05, 0.1) is 11.4 Å². The average Bonchev–Trinajstić information content (AvgIpc) is 3.37. The minimum absolute atomic E-state index is 0.178. The fraction of sp³-hybridized carbons (Fsp3) is 0.286. The molecular weight excluding hydrogens is 331 g/mol. The van der Waals surface area contributed by atoms with Crippen molar-refractivity contribution in [2.75, 3.05) is 0 Å². The van der Waals surface area contributed by atoms with Gasteiger partial charge in [0.1, 0.15) is 5.82 Å². The number of halogens is 1. The molecule has 1 fully saturated rings. The van der Waals surface area contributed by atoms with Crippen molar-refractivity contribution >= 4 is 17.0 Å². The van der Waals surface area contributed by atoms with Gasteiger partial charge in [0.2, 0.25) is 0 Å². The predicted octanol–water partition coefficient (Wildman–Crippen LogP) is 6.05. The molecule has 0 spiro atoms. The van der Waals surface area contributed by atoms with Crippen LogP contribution in [0.25, 0.3) is 11.3 Å². The molecule has 0 saturated heterocycles. The normalized spacial score (nSPS) is 15.1. The molecule has 2 aromatic carbocycles. The molecule has 0 aliphatic heterocycles. The smallest absolute Gasteiger partial charge is 0.190 e. The van der Waals surface area contributed by atoms with E-state index in [0.717, 1.165) is 29.0 Å². The van der Waals surface area contributed by atoms with Crippen molar-refractivity contribution in [3.05, 3.63) is 70.1 Å². The van der Waals surface area contributed by atoms with Gasteiger partial charge >= 0.3 is 0 Å². The molecule has 128 valence electrons. The van der Waals surface area contributed by atoms with Crippen LogP contribution >= 0.6 is 11.3 Å². The molecule has 4 rings (SSSR count). The highest BCUT2D eigenvalue weighted by Gasteiger charge is 2.28. The third-order valence-electron chi connectivity index (χ3n) is 4.59. The van der Waals surface area contributed by atoms with Gasteiger partial charge < -0.3 is 4.57 Å². The van der Waals surface area contributed by atoms with Gasteiger partial charge in [-0.15, -0.1) is 11.3 Å². The van der Waals surface area contributed by atoms with Crippen molar-refractivity contribution in [1.82, 2.24) is 4.57 Å². The summed E-state index contributed by atoms with van der Waals surface area (Å²) in [6.07, 6.45) is 2.27. The van der Waals surface area contributed by atoms with Crippen molar-refractivity contribution in [2.45, 2.75) is 38.6 Å². The van der Waals surface area contributed by atoms with E-state index in [2.05, 4.69) is 42.7 Å². The van der Waals surface area contributed by atoms with E-state index in [1.54, 1.807) is 17.4 Å². The molecular formula is C21H21FN2S. The van der Waals surface area contributed by atoms with Crippen LogP contribution in [-0.2, 0) is 0 Å². The SMILES string of the molecule is CC(C)c1ccc(N=c2scc(-c3ccccc3F)n2C2CC2)cc1. The van der Waals surface area contributed by atoms with Crippen LogP contribution < -0.4 is 4.80 Å². The summed E-state index contributed by atoms with van der Waals surface area (Å²) in [4.78, 5) is 5.78. The van der Waals surface area contributed by atoms with Gasteiger partial charge in [0.15, 0.2) is 4.80 Å². The monoisotopic (exact) mass is 352 g/mol. The molecule has 0 unspecified atom stereocenters. The number of hydrogen-bond donors (Lipinski definition) is 0. The molecule has 25 heavy (non-hydrogen) atoms. The summed E-state index contributed by atoms with van der Waals surface area (Å²) in [5.41, 5.74) is 3.85. The summed E-state index contributed by atoms with van der Waals surface area (Å²) >= 11 is 1.58. The van der Waals surface area contributed by atoms with Crippen LogP contribution in [0.2, 0.25) is 0 Å². The Morgan fingerprint density at radius 3 is 2.44 bits per heavy atom. The lowest BCUT2D eigenvalue weighted by atomic mass is 10.0. The van der Waals surface area contributed by atoms with Crippen molar-refractivity contribution in [1.29, 1.82) is 0 Å². The summed E-state index contributed by atoms with van der Waals surface area (Å²) < 4.78 is 16.5. The van der Waals surface area contributed by atoms with Crippen LogP contribution in [0, 0.1) is 5.82 Å².